The lowest BCUT2D eigenvalue weighted by Gasteiger charge is -2.23. The van der Waals surface area contributed by atoms with Crippen LogP contribution in [0.1, 0.15) is 12.0 Å². The second-order valence-electron chi connectivity index (χ2n) is 5.03. The average Bonchev–Trinajstić information content (AvgIpc) is 2.79. The van der Waals surface area contributed by atoms with E-state index in [9.17, 15) is 13.2 Å². The third-order valence-electron chi connectivity index (χ3n) is 3.48. The van der Waals surface area contributed by atoms with Crippen molar-refractivity contribution in [3.05, 3.63) is 30.1 Å². The van der Waals surface area contributed by atoms with Crippen molar-refractivity contribution >= 4 is 15.7 Å². The van der Waals surface area contributed by atoms with E-state index in [2.05, 4.69) is 10.3 Å². The second kappa shape index (κ2) is 6.32. The fourth-order valence-corrected chi connectivity index (χ4v) is 4.00. The van der Waals surface area contributed by atoms with Crippen molar-refractivity contribution in [3.8, 4) is 0 Å². The van der Waals surface area contributed by atoms with Gasteiger partial charge in [-0.15, -0.1) is 0 Å². The van der Waals surface area contributed by atoms with Crippen LogP contribution in [0.15, 0.2) is 24.5 Å². The molecular formula is C13H19N3O3S. The Morgan fingerprint density at radius 2 is 2.35 bits per heavy atom. The van der Waals surface area contributed by atoms with Crippen molar-refractivity contribution in [2.24, 2.45) is 0 Å². The predicted octanol–water partition coefficient (Wildman–Crippen LogP) is -0.183. The molecule has 0 bridgehead atoms. The van der Waals surface area contributed by atoms with Gasteiger partial charge in [0.25, 0.3) is 0 Å². The zero-order valence-electron chi connectivity index (χ0n) is 11.4. The van der Waals surface area contributed by atoms with Crippen LogP contribution in [0.25, 0.3) is 0 Å². The summed E-state index contributed by atoms with van der Waals surface area (Å²) in [6.07, 6.45) is 3.97. The van der Waals surface area contributed by atoms with Crippen molar-refractivity contribution in [1.29, 1.82) is 0 Å². The Kier molecular flexibility index (Phi) is 4.72. The molecule has 20 heavy (non-hydrogen) atoms. The normalized spacial score (nSPS) is 20.8. The van der Waals surface area contributed by atoms with E-state index < -0.39 is 9.84 Å². The Hall–Kier alpha value is -1.47. The maximum atomic E-state index is 12.0. The number of aromatic nitrogens is 1. The maximum Gasteiger partial charge on any atom is 0.236 e. The van der Waals surface area contributed by atoms with Gasteiger partial charge in [0.1, 0.15) is 0 Å². The molecule has 2 heterocycles. The van der Waals surface area contributed by atoms with Crippen LogP contribution < -0.4 is 5.32 Å². The highest BCUT2D eigenvalue weighted by atomic mass is 32.2. The predicted molar refractivity (Wildman–Crippen MR) is 75.8 cm³/mol. The van der Waals surface area contributed by atoms with E-state index >= 15 is 0 Å². The summed E-state index contributed by atoms with van der Waals surface area (Å²) < 4.78 is 22.8. The van der Waals surface area contributed by atoms with E-state index in [4.69, 9.17) is 0 Å². The Bertz CT molecular complexity index is 559. The number of hydrogen-bond donors (Lipinski definition) is 1. The van der Waals surface area contributed by atoms with Gasteiger partial charge in [0, 0.05) is 32.0 Å². The van der Waals surface area contributed by atoms with Crippen LogP contribution in [0.4, 0.5) is 0 Å². The number of sulfone groups is 1. The van der Waals surface area contributed by atoms with Gasteiger partial charge in [-0.3, -0.25) is 9.78 Å². The van der Waals surface area contributed by atoms with E-state index in [-0.39, 0.29) is 30.0 Å². The van der Waals surface area contributed by atoms with Gasteiger partial charge < -0.3 is 10.2 Å². The van der Waals surface area contributed by atoms with Gasteiger partial charge in [0.2, 0.25) is 5.91 Å². The van der Waals surface area contributed by atoms with Gasteiger partial charge in [-0.2, -0.15) is 0 Å². The number of pyridine rings is 1. The quantitative estimate of drug-likeness (QED) is 0.815. The van der Waals surface area contributed by atoms with E-state index in [1.807, 2.05) is 12.1 Å². The van der Waals surface area contributed by atoms with E-state index in [0.29, 0.717) is 13.0 Å². The van der Waals surface area contributed by atoms with E-state index in [1.165, 1.54) is 0 Å². The van der Waals surface area contributed by atoms with Gasteiger partial charge in [0.05, 0.1) is 18.1 Å². The highest BCUT2D eigenvalue weighted by Gasteiger charge is 2.32. The summed E-state index contributed by atoms with van der Waals surface area (Å²) in [6, 6.07) is 3.58. The second-order valence-corrected chi connectivity index (χ2v) is 7.26. The lowest BCUT2D eigenvalue weighted by molar-refractivity contribution is -0.130. The summed E-state index contributed by atoms with van der Waals surface area (Å²) in [7, 11) is -1.29. The summed E-state index contributed by atoms with van der Waals surface area (Å²) in [4.78, 5) is 17.5. The maximum absolute atomic E-state index is 12.0. The molecule has 1 fully saturated rings. The Morgan fingerprint density at radius 3 is 2.95 bits per heavy atom. The first-order chi connectivity index (χ1) is 9.48. The molecule has 0 aliphatic carbocycles. The molecule has 1 aliphatic heterocycles. The number of likely N-dealkylation sites (N-methyl/N-ethyl adjacent to an activating group) is 1. The van der Waals surface area contributed by atoms with Crippen LogP contribution in [0, 0.1) is 0 Å². The van der Waals surface area contributed by atoms with Crippen LogP contribution in [-0.4, -0.2) is 55.3 Å². The molecule has 1 amide bonds. The van der Waals surface area contributed by atoms with Crippen LogP contribution in [0.3, 0.4) is 0 Å². The zero-order valence-corrected chi connectivity index (χ0v) is 12.3. The lowest BCUT2D eigenvalue weighted by Crippen LogP contribution is -2.42. The number of rotatable bonds is 5. The number of nitrogens with zero attached hydrogens (tertiary/aromatic N) is 2. The molecule has 0 radical (unpaired) electrons. The molecule has 7 heteroatoms. The summed E-state index contributed by atoms with van der Waals surface area (Å²) in [5, 5.41) is 3.05. The van der Waals surface area contributed by atoms with Crippen molar-refractivity contribution in [3.63, 3.8) is 0 Å². The molecule has 1 unspecified atom stereocenters. The Morgan fingerprint density at radius 1 is 1.55 bits per heavy atom. The summed E-state index contributed by atoms with van der Waals surface area (Å²) in [5.74, 6) is 0.173. The summed E-state index contributed by atoms with van der Waals surface area (Å²) in [6.45, 7) is 0.762. The highest BCUT2D eigenvalue weighted by Crippen LogP contribution is 2.16. The van der Waals surface area contributed by atoms with Gasteiger partial charge >= 0.3 is 0 Å². The zero-order chi connectivity index (χ0) is 14.6. The van der Waals surface area contributed by atoms with Gasteiger partial charge in [-0.25, -0.2) is 8.42 Å². The molecule has 0 spiro atoms. The number of amides is 1. The first kappa shape index (κ1) is 14.9. The van der Waals surface area contributed by atoms with Crippen molar-refractivity contribution < 1.29 is 13.2 Å². The number of hydrogen-bond acceptors (Lipinski definition) is 5. The van der Waals surface area contributed by atoms with Crippen molar-refractivity contribution in [1.82, 2.24) is 15.2 Å². The third-order valence-corrected chi connectivity index (χ3v) is 5.23. The lowest BCUT2D eigenvalue weighted by atomic mass is 10.2. The SMILES string of the molecule is CN(C(=O)CNCc1cccnc1)C1CCS(=O)(=O)C1. The monoisotopic (exact) mass is 297 g/mol. The molecule has 1 aromatic rings. The molecule has 1 aliphatic rings. The fraction of sp³-hybridized carbons (Fsp3) is 0.538. The van der Waals surface area contributed by atoms with Crippen LogP contribution in [0.5, 0.6) is 0 Å². The molecule has 1 atom stereocenters. The topological polar surface area (TPSA) is 79.4 Å². The van der Waals surface area contributed by atoms with E-state index in [1.54, 1.807) is 24.3 Å². The Labute approximate surface area is 119 Å². The molecule has 0 saturated carbocycles. The molecular weight excluding hydrogens is 278 g/mol. The van der Waals surface area contributed by atoms with Gasteiger partial charge in [-0.1, -0.05) is 6.07 Å². The first-order valence-corrected chi connectivity index (χ1v) is 8.36. The minimum atomic E-state index is -2.96. The van der Waals surface area contributed by atoms with E-state index in [0.717, 1.165) is 5.56 Å². The van der Waals surface area contributed by atoms with Gasteiger partial charge in [-0.05, 0) is 18.1 Å². The number of nitrogens with one attached hydrogen (secondary N) is 1. The van der Waals surface area contributed by atoms with Crippen LogP contribution >= 0.6 is 0 Å². The minimum absolute atomic E-state index is 0.0812. The molecule has 1 saturated heterocycles. The first-order valence-electron chi connectivity index (χ1n) is 6.53. The largest absolute Gasteiger partial charge is 0.341 e. The summed E-state index contributed by atoms with van der Waals surface area (Å²) >= 11 is 0. The average molecular weight is 297 g/mol. The standard InChI is InChI=1S/C13H19N3O3S/c1-16(12-4-6-20(18,19)10-12)13(17)9-15-8-11-3-2-5-14-7-11/h2-3,5,7,12,15H,4,6,8-10H2,1H3. The molecule has 110 valence electrons. The van der Waals surface area contributed by atoms with Crippen LogP contribution in [-0.2, 0) is 21.2 Å². The van der Waals surface area contributed by atoms with Crippen molar-refractivity contribution in [2.75, 3.05) is 25.1 Å². The van der Waals surface area contributed by atoms with Gasteiger partial charge in [0.15, 0.2) is 9.84 Å². The Balaban J connectivity index is 1.77. The molecule has 0 aromatic carbocycles. The summed E-state index contributed by atoms with van der Waals surface area (Å²) in [5.41, 5.74) is 1.01. The minimum Gasteiger partial charge on any atom is -0.341 e. The molecule has 2 rings (SSSR count). The molecule has 6 nitrogen and oxygen atoms in total. The van der Waals surface area contributed by atoms with Crippen molar-refractivity contribution in [2.45, 2.75) is 19.0 Å². The number of carbonyl (C=O) groups is 1. The van der Waals surface area contributed by atoms with Crippen LogP contribution in [0.2, 0.25) is 0 Å². The third kappa shape index (κ3) is 4.01. The fourth-order valence-electron chi connectivity index (χ4n) is 2.23. The molecule has 1 N–H and O–H groups in total. The molecule has 1 aromatic heterocycles. The smallest absolute Gasteiger partial charge is 0.236 e. The highest BCUT2D eigenvalue weighted by molar-refractivity contribution is 7.91. The number of carbonyl (C=O) groups excluding carboxylic acids is 1.